The number of benzene rings is 1. The minimum absolute atomic E-state index is 0.143. The van der Waals surface area contributed by atoms with Gasteiger partial charge < -0.3 is 16.0 Å². The summed E-state index contributed by atoms with van der Waals surface area (Å²) in [7, 11) is 0. The van der Waals surface area contributed by atoms with Gasteiger partial charge in [-0.25, -0.2) is 0 Å². The van der Waals surface area contributed by atoms with Gasteiger partial charge in [0.2, 0.25) is 11.8 Å². The number of nitrogens with zero attached hydrogens (tertiary/aromatic N) is 1. The Bertz CT molecular complexity index is 656. The van der Waals surface area contributed by atoms with Crippen molar-refractivity contribution in [1.82, 2.24) is 5.32 Å². The van der Waals surface area contributed by atoms with E-state index < -0.39 is 0 Å². The summed E-state index contributed by atoms with van der Waals surface area (Å²) < 4.78 is 0. The first kappa shape index (κ1) is 17.5. The molecule has 3 rings (SSSR count). The molecule has 2 aliphatic rings. The smallest absolute Gasteiger partial charge is 0.251 e. The third-order valence-electron chi connectivity index (χ3n) is 5.21. The molecular formula is C19H25N3O3. The molecule has 1 aliphatic heterocycles. The highest BCUT2D eigenvalue weighted by molar-refractivity contribution is 5.97. The van der Waals surface area contributed by atoms with E-state index in [1.54, 1.807) is 17.0 Å². The fourth-order valence-electron chi connectivity index (χ4n) is 3.77. The Morgan fingerprint density at radius 3 is 2.52 bits per heavy atom. The van der Waals surface area contributed by atoms with E-state index >= 15 is 0 Å². The van der Waals surface area contributed by atoms with Gasteiger partial charge in [-0.15, -0.1) is 0 Å². The van der Waals surface area contributed by atoms with Gasteiger partial charge in [0.1, 0.15) is 0 Å². The standard InChI is InChI=1S/C19H25N3O3/c20-18(24)15-5-4-6-16(15)21-19(25)13-8-10-14(11-9-13)22-12-3-1-2-7-17(22)23/h8-11,15-16H,1-7,12H2,(H2,20,24)(H,21,25). The quantitative estimate of drug-likeness (QED) is 0.875. The van der Waals surface area contributed by atoms with Gasteiger partial charge in [-0.2, -0.15) is 0 Å². The summed E-state index contributed by atoms with van der Waals surface area (Å²) in [5.41, 5.74) is 6.76. The lowest BCUT2D eigenvalue weighted by Gasteiger charge is -2.21. The zero-order chi connectivity index (χ0) is 17.8. The van der Waals surface area contributed by atoms with Gasteiger partial charge in [-0.05, 0) is 49.9 Å². The van der Waals surface area contributed by atoms with Crippen molar-refractivity contribution >= 4 is 23.4 Å². The second-order valence-corrected chi connectivity index (χ2v) is 6.92. The van der Waals surface area contributed by atoms with E-state index in [4.69, 9.17) is 5.73 Å². The molecule has 2 fully saturated rings. The van der Waals surface area contributed by atoms with Crippen molar-refractivity contribution in [2.24, 2.45) is 11.7 Å². The lowest BCUT2D eigenvalue weighted by Crippen LogP contribution is -2.42. The number of carbonyl (C=O) groups excluding carboxylic acids is 3. The zero-order valence-electron chi connectivity index (χ0n) is 14.4. The first-order valence-corrected chi connectivity index (χ1v) is 9.07. The second kappa shape index (κ2) is 7.68. The number of hydrogen-bond donors (Lipinski definition) is 2. The molecule has 0 spiro atoms. The molecule has 1 saturated carbocycles. The molecular weight excluding hydrogens is 318 g/mol. The Kier molecular flexibility index (Phi) is 5.36. The Morgan fingerprint density at radius 2 is 1.80 bits per heavy atom. The van der Waals surface area contributed by atoms with Crippen LogP contribution in [0.15, 0.2) is 24.3 Å². The molecule has 0 bridgehead atoms. The van der Waals surface area contributed by atoms with E-state index in [2.05, 4.69) is 5.32 Å². The number of carbonyl (C=O) groups is 3. The van der Waals surface area contributed by atoms with E-state index in [9.17, 15) is 14.4 Å². The van der Waals surface area contributed by atoms with Crippen LogP contribution in [0.4, 0.5) is 5.69 Å². The van der Waals surface area contributed by atoms with Crippen molar-refractivity contribution in [2.75, 3.05) is 11.4 Å². The first-order valence-electron chi connectivity index (χ1n) is 9.07. The molecule has 6 nitrogen and oxygen atoms in total. The SMILES string of the molecule is NC(=O)C1CCCC1NC(=O)c1ccc(N2CCCCCC2=O)cc1. The summed E-state index contributed by atoms with van der Waals surface area (Å²) in [5, 5.41) is 2.92. The van der Waals surface area contributed by atoms with Crippen LogP contribution < -0.4 is 16.0 Å². The topological polar surface area (TPSA) is 92.5 Å². The number of nitrogens with two attached hydrogens (primary N) is 1. The Hall–Kier alpha value is -2.37. The average Bonchev–Trinajstić information content (AvgIpc) is 2.96. The molecule has 1 heterocycles. The van der Waals surface area contributed by atoms with Crippen molar-refractivity contribution < 1.29 is 14.4 Å². The molecule has 25 heavy (non-hydrogen) atoms. The van der Waals surface area contributed by atoms with Gasteiger partial charge in [0.05, 0.1) is 5.92 Å². The van der Waals surface area contributed by atoms with Crippen LogP contribution in [0.2, 0.25) is 0 Å². The van der Waals surface area contributed by atoms with Crippen LogP contribution in [-0.4, -0.2) is 30.3 Å². The van der Waals surface area contributed by atoms with Gasteiger partial charge in [0.15, 0.2) is 0 Å². The number of hydrogen-bond acceptors (Lipinski definition) is 3. The summed E-state index contributed by atoms with van der Waals surface area (Å²) in [4.78, 5) is 37.8. The molecule has 134 valence electrons. The highest BCUT2D eigenvalue weighted by atomic mass is 16.2. The van der Waals surface area contributed by atoms with Crippen molar-refractivity contribution in [3.05, 3.63) is 29.8 Å². The van der Waals surface area contributed by atoms with E-state index in [1.807, 2.05) is 12.1 Å². The van der Waals surface area contributed by atoms with Crippen LogP contribution in [0.3, 0.4) is 0 Å². The molecule has 1 aliphatic carbocycles. The summed E-state index contributed by atoms with van der Waals surface area (Å²) in [5.74, 6) is -0.687. The molecule has 3 N–H and O–H groups in total. The van der Waals surface area contributed by atoms with E-state index in [1.165, 1.54) is 0 Å². The van der Waals surface area contributed by atoms with Crippen molar-refractivity contribution in [3.63, 3.8) is 0 Å². The number of rotatable bonds is 4. The molecule has 1 saturated heterocycles. The third kappa shape index (κ3) is 4.00. The normalized spacial score (nSPS) is 24.0. The molecule has 6 heteroatoms. The maximum absolute atomic E-state index is 12.4. The molecule has 3 amide bonds. The Balaban J connectivity index is 1.66. The lowest BCUT2D eigenvalue weighted by atomic mass is 10.0. The van der Waals surface area contributed by atoms with Crippen LogP contribution in [-0.2, 0) is 9.59 Å². The molecule has 0 radical (unpaired) electrons. The number of nitrogens with one attached hydrogen (secondary N) is 1. The summed E-state index contributed by atoms with van der Waals surface area (Å²) in [6.45, 7) is 0.729. The van der Waals surface area contributed by atoms with E-state index in [0.717, 1.165) is 50.8 Å². The van der Waals surface area contributed by atoms with E-state index in [-0.39, 0.29) is 29.7 Å². The molecule has 2 atom stereocenters. The zero-order valence-corrected chi connectivity index (χ0v) is 14.4. The fraction of sp³-hybridized carbons (Fsp3) is 0.526. The molecule has 0 aromatic heterocycles. The average molecular weight is 343 g/mol. The molecule has 2 unspecified atom stereocenters. The summed E-state index contributed by atoms with van der Waals surface area (Å²) in [6.07, 6.45) is 6.01. The summed E-state index contributed by atoms with van der Waals surface area (Å²) in [6, 6.07) is 6.92. The number of anilines is 1. The van der Waals surface area contributed by atoms with Gasteiger partial charge in [-0.3, -0.25) is 14.4 Å². The predicted octanol–water partition coefficient (Wildman–Crippen LogP) is 1.98. The summed E-state index contributed by atoms with van der Waals surface area (Å²) >= 11 is 0. The van der Waals surface area contributed by atoms with Gasteiger partial charge in [0, 0.05) is 30.3 Å². The maximum Gasteiger partial charge on any atom is 0.251 e. The van der Waals surface area contributed by atoms with Gasteiger partial charge in [-0.1, -0.05) is 12.8 Å². The molecule has 1 aromatic carbocycles. The lowest BCUT2D eigenvalue weighted by molar-refractivity contribution is -0.122. The minimum Gasteiger partial charge on any atom is -0.369 e. The van der Waals surface area contributed by atoms with Crippen LogP contribution in [0.25, 0.3) is 0 Å². The van der Waals surface area contributed by atoms with Crippen LogP contribution in [0.5, 0.6) is 0 Å². The number of amides is 3. The predicted molar refractivity (Wildman–Crippen MR) is 95.1 cm³/mol. The second-order valence-electron chi connectivity index (χ2n) is 6.92. The fourth-order valence-corrected chi connectivity index (χ4v) is 3.77. The van der Waals surface area contributed by atoms with Crippen molar-refractivity contribution in [1.29, 1.82) is 0 Å². The number of primary amides is 1. The largest absolute Gasteiger partial charge is 0.369 e. The highest BCUT2D eigenvalue weighted by Crippen LogP contribution is 2.26. The van der Waals surface area contributed by atoms with Crippen molar-refractivity contribution in [2.45, 2.75) is 51.0 Å². The monoisotopic (exact) mass is 343 g/mol. The minimum atomic E-state index is -0.349. The van der Waals surface area contributed by atoms with Crippen LogP contribution in [0, 0.1) is 5.92 Å². The Morgan fingerprint density at radius 1 is 1.04 bits per heavy atom. The van der Waals surface area contributed by atoms with Gasteiger partial charge >= 0.3 is 0 Å². The maximum atomic E-state index is 12.4. The van der Waals surface area contributed by atoms with Gasteiger partial charge in [0.25, 0.3) is 5.91 Å². The van der Waals surface area contributed by atoms with Crippen LogP contribution >= 0.6 is 0 Å². The third-order valence-corrected chi connectivity index (χ3v) is 5.21. The first-order chi connectivity index (χ1) is 12.1. The van der Waals surface area contributed by atoms with Crippen molar-refractivity contribution in [3.8, 4) is 0 Å². The van der Waals surface area contributed by atoms with Crippen LogP contribution in [0.1, 0.15) is 55.3 Å². The molecule has 1 aromatic rings. The Labute approximate surface area is 147 Å². The highest BCUT2D eigenvalue weighted by Gasteiger charge is 2.32. The van der Waals surface area contributed by atoms with E-state index in [0.29, 0.717) is 12.0 Å².